The van der Waals surface area contributed by atoms with E-state index < -0.39 is 6.10 Å². The number of hydrogen-bond donors (Lipinski definition) is 2. The number of carbonyl (C=O) groups is 1. The Bertz CT molecular complexity index is 821. The number of ether oxygens (including phenoxy) is 1. The highest BCUT2D eigenvalue weighted by Crippen LogP contribution is 2.33. The van der Waals surface area contributed by atoms with Crippen LogP contribution in [0.5, 0.6) is 0 Å². The predicted octanol–water partition coefficient (Wildman–Crippen LogP) is 3.18. The fraction of sp³-hybridized carbons (Fsp3) is 0.118. The van der Waals surface area contributed by atoms with E-state index in [1.54, 1.807) is 18.2 Å². The Morgan fingerprint density at radius 1 is 1.25 bits per heavy atom. The molecule has 0 fully saturated rings. The van der Waals surface area contributed by atoms with Crippen LogP contribution in [0.25, 0.3) is 0 Å². The Morgan fingerprint density at radius 2 is 1.96 bits per heavy atom. The van der Waals surface area contributed by atoms with Crippen molar-refractivity contribution < 1.29 is 9.53 Å². The molecule has 122 valence electrons. The zero-order valence-corrected chi connectivity index (χ0v) is 14.1. The SMILES string of the molecule is NC(=S)N/N=C(\C[C@@H]1OC(=O)c2ccccc21)c1ccc(Cl)cc1. The van der Waals surface area contributed by atoms with Crippen LogP contribution in [0.15, 0.2) is 53.6 Å². The van der Waals surface area contributed by atoms with Crippen molar-refractivity contribution in [1.29, 1.82) is 0 Å². The maximum absolute atomic E-state index is 12.0. The average molecular weight is 360 g/mol. The maximum atomic E-state index is 12.0. The number of fused-ring (bicyclic) bond motifs is 1. The summed E-state index contributed by atoms with van der Waals surface area (Å²) in [5.41, 5.74) is 11.0. The van der Waals surface area contributed by atoms with Gasteiger partial charge in [-0.25, -0.2) is 4.79 Å². The number of thiocarbonyl (C=S) groups is 1. The third-order valence-corrected chi connectivity index (χ3v) is 3.98. The molecule has 24 heavy (non-hydrogen) atoms. The quantitative estimate of drug-likeness (QED) is 0.379. The summed E-state index contributed by atoms with van der Waals surface area (Å²) in [6.07, 6.45) is -0.0173. The summed E-state index contributed by atoms with van der Waals surface area (Å²) < 4.78 is 5.48. The molecule has 0 unspecified atom stereocenters. The van der Waals surface area contributed by atoms with Gasteiger partial charge >= 0.3 is 5.97 Å². The second-order valence-corrected chi connectivity index (χ2v) is 6.10. The number of nitrogens with one attached hydrogen (secondary N) is 1. The highest BCUT2D eigenvalue weighted by atomic mass is 35.5. The normalized spacial score (nSPS) is 16.5. The van der Waals surface area contributed by atoms with Crippen molar-refractivity contribution in [3.05, 3.63) is 70.2 Å². The lowest BCUT2D eigenvalue weighted by atomic mass is 9.98. The van der Waals surface area contributed by atoms with Gasteiger partial charge in [0.15, 0.2) is 5.11 Å². The number of cyclic esters (lactones) is 1. The highest BCUT2D eigenvalue weighted by molar-refractivity contribution is 7.80. The molecule has 3 N–H and O–H groups in total. The molecule has 0 radical (unpaired) electrons. The predicted molar refractivity (Wildman–Crippen MR) is 97.1 cm³/mol. The van der Waals surface area contributed by atoms with Crippen LogP contribution in [0.3, 0.4) is 0 Å². The first-order valence-electron chi connectivity index (χ1n) is 7.22. The van der Waals surface area contributed by atoms with E-state index in [2.05, 4.69) is 10.5 Å². The Morgan fingerprint density at radius 3 is 2.67 bits per heavy atom. The topological polar surface area (TPSA) is 76.7 Å². The van der Waals surface area contributed by atoms with Crippen molar-refractivity contribution in [2.45, 2.75) is 12.5 Å². The van der Waals surface area contributed by atoms with Gasteiger partial charge in [-0.15, -0.1) is 0 Å². The van der Waals surface area contributed by atoms with Crippen LogP contribution in [0.2, 0.25) is 5.02 Å². The van der Waals surface area contributed by atoms with Gasteiger partial charge in [0, 0.05) is 17.0 Å². The van der Waals surface area contributed by atoms with Gasteiger partial charge in [0.2, 0.25) is 0 Å². The Balaban J connectivity index is 1.90. The molecule has 0 aliphatic carbocycles. The maximum Gasteiger partial charge on any atom is 0.339 e. The van der Waals surface area contributed by atoms with Gasteiger partial charge in [0.05, 0.1) is 11.3 Å². The van der Waals surface area contributed by atoms with Crippen molar-refractivity contribution in [1.82, 2.24) is 5.43 Å². The van der Waals surface area contributed by atoms with E-state index in [0.717, 1.165) is 11.1 Å². The standard InChI is InChI=1S/C17H14ClN3O2S/c18-11-7-5-10(6-8-11)14(20-21-17(19)24)9-15-12-3-1-2-4-13(12)16(22)23-15/h1-8,15H,9H2,(H3,19,21,24)/b20-14+/t15-/m0/s1. The molecule has 0 amide bonds. The Labute approximate surface area is 149 Å². The molecule has 1 heterocycles. The third kappa shape index (κ3) is 3.55. The second-order valence-electron chi connectivity index (χ2n) is 5.23. The number of carbonyl (C=O) groups excluding carboxylic acids is 1. The molecule has 1 atom stereocenters. The summed E-state index contributed by atoms with van der Waals surface area (Å²) in [5.74, 6) is -0.326. The minimum atomic E-state index is -0.406. The number of hydrogen-bond acceptors (Lipinski definition) is 4. The van der Waals surface area contributed by atoms with E-state index in [9.17, 15) is 4.79 Å². The van der Waals surface area contributed by atoms with Crippen LogP contribution < -0.4 is 11.2 Å². The van der Waals surface area contributed by atoms with E-state index >= 15 is 0 Å². The fourth-order valence-electron chi connectivity index (χ4n) is 2.54. The van der Waals surface area contributed by atoms with Gasteiger partial charge in [0.25, 0.3) is 0 Å². The molecule has 7 heteroatoms. The smallest absolute Gasteiger partial charge is 0.339 e. The van der Waals surface area contributed by atoms with E-state index in [1.165, 1.54) is 0 Å². The van der Waals surface area contributed by atoms with Crippen LogP contribution in [-0.4, -0.2) is 16.8 Å². The number of nitrogens with two attached hydrogens (primary N) is 1. The number of nitrogens with zero attached hydrogens (tertiary/aromatic N) is 1. The van der Waals surface area contributed by atoms with Gasteiger partial charge < -0.3 is 10.5 Å². The van der Waals surface area contributed by atoms with Gasteiger partial charge in [-0.05, 0) is 36.0 Å². The van der Waals surface area contributed by atoms with Crippen LogP contribution >= 0.6 is 23.8 Å². The van der Waals surface area contributed by atoms with Crippen LogP contribution in [0.4, 0.5) is 0 Å². The van der Waals surface area contributed by atoms with Crippen molar-refractivity contribution in [3.63, 3.8) is 0 Å². The number of benzene rings is 2. The number of rotatable bonds is 4. The second kappa shape index (κ2) is 6.98. The minimum Gasteiger partial charge on any atom is -0.453 e. The molecular formula is C17H14ClN3O2S. The van der Waals surface area contributed by atoms with Crippen molar-refractivity contribution in [3.8, 4) is 0 Å². The molecule has 0 aromatic heterocycles. The van der Waals surface area contributed by atoms with Crippen molar-refractivity contribution in [2.24, 2.45) is 10.8 Å². The van der Waals surface area contributed by atoms with Gasteiger partial charge in [0.1, 0.15) is 6.10 Å². The number of hydrazone groups is 1. The van der Waals surface area contributed by atoms with Crippen molar-refractivity contribution in [2.75, 3.05) is 0 Å². The first-order valence-corrected chi connectivity index (χ1v) is 8.01. The molecule has 0 spiro atoms. The average Bonchev–Trinajstić information content (AvgIpc) is 2.89. The molecule has 1 aliphatic rings. The monoisotopic (exact) mass is 359 g/mol. The highest BCUT2D eigenvalue weighted by Gasteiger charge is 2.31. The summed E-state index contributed by atoms with van der Waals surface area (Å²) in [6, 6.07) is 14.5. The molecule has 5 nitrogen and oxygen atoms in total. The van der Waals surface area contributed by atoms with E-state index in [1.807, 2.05) is 30.3 Å². The summed E-state index contributed by atoms with van der Waals surface area (Å²) in [4.78, 5) is 12.0. The summed E-state index contributed by atoms with van der Waals surface area (Å²) in [6.45, 7) is 0. The van der Waals surface area contributed by atoms with Crippen LogP contribution in [0.1, 0.15) is 34.0 Å². The molecule has 0 saturated heterocycles. The van der Waals surface area contributed by atoms with E-state index in [4.69, 9.17) is 34.3 Å². The van der Waals surface area contributed by atoms with E-state index in [-0.39, 0.29) is 11.1 Å². The molecule has 0 bridgehead atoms. The Hall–Kier alpha value is -2.44. The third-order valence-electron chi connectivity index (χ3n) is 3.63. The molecule has 1 aliphatic heterocycles. The lowest BCUT2D eigenvalue weighted by molar-refractivity contribution is 0.0400. The molecular weight excluding hydrogens is 346 g/mol. The summed E-state index contributed by atoms with van der Waals surface area (Å²) >= 11 is 10.7. The van der Waals surface area contributed by atoms with E-state index in [0.29, 0.717) is 22.7 Å². The molecule has 2 aromatic carbocycles. The fourth-order valence-corrected chi connectivity index (χ4v) is 2.71. The number of esters is 1. The zero-order valence-electron chi connectivity index (χ0n) is 12.5. The Kier molecular flexibility index (Phi) is 4.78. The zero-order chi connectivity index (χ0) is 17.1. The van der Waals surface area contributed by atoms with Gasteiger partial charge in [-0.2, -0.15) is 5.10 Å². The summed E-state index contributed by atoms with van der Waals surface area (Å²) in [5, 5.41) is 4.93. The number of halogens is 1. The first kappa shape index (κ1) is 16.4. The van der Waals surface area contributed by atoms with Gasteiger partial charge in [-0.1, -0.05) is 41.9 Å². The van der Waals surface area contributed by atoms with Crippen LogP contribution in [-0.2, 0) is 4.74 Å². The van der Waals surface area contributed by atoms with Gasteiger partial charge in [-0.3, -0.25) is 5.43 Å². The largest absolute Gasteiger partial charge is 0.453 e. The van der Waals surface area contributed by atoms with Crippen LogP contribution in [0, 0.1) is 0 Å². The lowest BCUT2D eigenvalue weighted by Crippen LogP contribution is -2.26. The molecule has 2 aromatic rings. The first-order chi connectivity index (χ1) is 11.5. The molecule has 3 rings (SSSR count). The molecule has 0 saturated carbocycles. The summed E-state index contributed by atoms with van der Waals surface area (Å²) in [7, 11) is 0. The lowest BCUT2D eigenvalue weighted by Gasteiger charge is -2.13. The van der Waals surface area contributed by atoms with Crippen molar-refractivity contribution >= 4 is 40.6 Å². The minimum absolute atomic E-state index is 0.0604.